The lowest BCUT2D eigenvalue weighted by Gasteiger charge is -2.09. The van der Waals surface area contributed by atoms with Gasteiger partial charge in [0.25, 0.3) is 0 Å². The lowest BCUT2D eigenvalue weighted by atomic mass is 9.99. The van der Waals surface area contributed by atoms with Crippen molar-refractivity contribution in [2.24, 2.45) is 0 Å². The summed E-state index contributed by atoms with van der Waals surface area (Å²) in [4.78, 5) is 4.50. The number of rotatable bonds is 3. The molecule has 2 heterocycles. The first-order chi connectivity index (χ1) is 11.4. The van der Waals surface area contributed by atoms with Crippen LogP contribution >= 0.6 is 0 Å². The molecule has 2 aromatic heterocycles. The highest BCUT2D eigenvalue weighted by atomic mass is 15.0. The Morgan fingerprint density at radius 3 is 2.04 bits per heavy atom. The molecule has 2 aromatic carbocycles. The summed E-state index contributed by atoms with van der Waals surface area (Å²) in [6.07, 6.45) is 6.04. The molecule has 23 heavy (non-hydrogen) atoms. The maximum Gasteiger partial charge on any atom is 0.143 e. The van der Waals surface area contributed by atoms with Crippen LogP contribution in [0.4, 0.5) is 0 Å². The molecular formula is C21H16N2. The van der Waals surface area contributed by atoms with Crippen molar-refractivity contribution in [3.05, 3.63) is 102 Å². The summed E-state index contributed by atoms with van der Waals surface area (Å²) in [5.74, 6) is 0. The maximum atomic E-state index is 4.50. The summed E-state index contributed by atoms with van der Waals surface area (Å²) in [6.45, 7) is 0. The third kappa shape index (κ3) is 2.67. The number of hydrogen-bond acceptors (Lipinski definition) is 1. The first kappa shape index (κ1) is 13.5. The van der Waals surface area contributed by atoms with Gasteiger partial charge in [-0.25, -0.2) is 4.98 Å². The van der Waals surface area contributed by atoms with Crippen molar-refractivity contribution in [2.75, 3.05) is 0 Å². The average Bonchev–Trinajstić information content (AvgIpc) is 3.04. The highest BCUT2D eigenvalue weighted by molar-refractivity contribution is 5.90. The summed E-state index contributed by atoms with van der Waals surface area (Å²) < 4.78 is 2.09. The van der Waals surface area contributed by atoms with Gasteiger partial charge in [-0.1, -0.05) is 60.7 Å². The second kappa shape index (κ2) is 5.93. The van der Waals surface area contributed by atoms with Gasteiger partial charge in [0.05, 0.1) is 0 Å². The topological polar surface area (TPSA) is 17.8 Å². The van der Waals surface area contributed by atoms with Crippen LogP contribution in [0, 0.1) is 0 Å². The third-order valence-corrected chi connectivity index (χ3v) is 3.91. The van der Waals surface area contributed by atoms with E-state index in [0.29, 0.717) is 0 Å². The number of benzene rings is 2. The predicted octanol–water partition coefficient (Wildman–Crippen LogP) is 5.08. The Labute approximate surface area is 135 Å². The first-order valence-electron chi connectivity index (χ1n) is 7.66. The Balaban J connectivity index is 1.92. The van der Waals surface area contributed by atoms with Crippen LogP contribution in [0.5, 0.6) is 0 Å². The molecule has 0 bridgehead atoms. The SMILES string of the molecule is C(=C(c1ccccc1)c1ccccc1)n1ccc2cccnc21. The molecule has 110 valence electrons. The van der Waals surface area contributed by atoms with Crippen molar-refractivity contribution in [1.82, 2.24) is 9.55 Å². The van der Waals surface area contributed by atoms with Crippen LogP contribution in [0.1, 0.15) is 11.1 Å². The summed E-state index contributed by atoms with van der Waals surface area (Å²) in [5.41, 5.74) is 4.53. The molecule has 0 atom stereocenters. The number of pyridine rings is 1. The zero-order valence-electron chi connectivity index (χ0n) is 12.6. The molecular weight excluding hydrogens is 280 g/mol. The molecule has 0 aliphatic rings. The van der Waals surface area contributed by atoms with Gasteiger partial charge in [-0.3, -0.25) is 0 Å². The molecule has 2 nitrogen and oxygen atoms in total. The standard InChI is InChI=1S/C21H16N2/c1-3-8-17(9-4-1)20(18-10-5-2-6-11-18)16-23-15-13-19-12-7-14-22-21(19)23/h1-16H. The number of aromatic nitrogens is 2. The quantitative estimate of drug-likeness (QED) is 0.515. The van der Waals surface area contributed by atoms with E-state index < -0.39 is 0 Å². The van der Waals surface area contributed by atoms with Crippen molar-refractivity contribution >= 4 is 22.8 Å². The van der Waals surface area contributed by atoms with E-state index in [1.54, 1.807) is 0 Å². The van der Waals surface area contributed by atoms with Crippen molar-refractivity contribution in [1.29, 1.82) is 0 Å². The summed E-state index contributed by atoms with van der Waals surface area (Å²) in [7, 11) is 0. The number of hydrogen-bond donors (Lipinski definition) is 0. The Hall–Kier alpha value is -3.13. The molecule has 0 aliphatic carbocycles. The van der Waals surface area contributed by atoms with Crippen molar-refractivity contribution in [3.63, 3.8) is 0 Å². The van der Waals surface area contributed by atoms with Crippen LogP contribution in [0.15, 0.2) is 91.3 Å². The van der Waals surface area contributed by atoms with Gasteiger partial charge in [-0.05, 0) is 29.3 Å². The monoisotopic (exact) mass is 296 g/mol. The molecule has 0 spiro atoms. The minimum atomic E-state index is 0.969. The summed E-state index contributed by atoms with van der Waals surface area (Å²) in [5, 5.41) is 1.14. The van der Waals surface area contributed by atoms with E-state index in [2.05, 4.69) is 82.6 Å². The van der Waals surface area contributed by atoms with E-state index in [9.17, 15) is 0 Å². The third-order valence-electron chi connectivity index (χ3n) is 3.91. The highest BCUT2D eigenvalue weighted by Crippen LogP contribution is 2.25. The Bertz CT molecular complexity index is 909. The van der Waals surface area contributed by atoms with Crippen molar-refractivity contribution in [3.8, 4) is 0 Å². The van der Waals surface area contributed by atoms with Gasteiger partial charge in [-0.15, -0.1) is 0 Å². The fourth-order valence-electron chi connectivity index (χ4n) is 2.78. The largest absolute Gasteiger partial charge is 0.308 e. The molecule has 0 saturated carbocycles. The maximum absolute atomic E-state index is 4.50. The first-order valence-corrected chi connectivity index (χ1v) is 7.66. The molecule has 4 rings (SSSR count). The lowest BCUT2D eigenvalue weighted by Crippen LogP contribution is -1.93. The predicted molar refractivity (Wildman–Crippen MR) is 95.9 cm³/mol. The van der Waals surface area contributed by atoms with Crippen molar-refractivity contribution in [2.45, 2.75) is 0 Å². The van der Waals surface area contributed by atoms with Crippen LogP contribution in [-0.4, -0.2) is 9.55 Å². The van der Waals surface area contributed by atoms with Gasteiger partial charge in [0.15, 0.2) is 0 Å². The Kier molecular flexibility index (Phi) is 3.49. The van der Waals surface area contributed by atoms with Crippen LogP contribution in [0.2, 0.25) is 0 Å². The number of fused-ring (bicyclic) bond motifs is 1. The van der Waals surface area contributed by atoms with Gasteiger partial charge in [0.2, 0.25) is 0 Å². The second-order valence-corrected chi connectivity index (χ2v) is 5.41. The van der Waals surface area contributed by atoms with E-state index in [1.165, 1.54) is 16.7 Å². The fraction of sp³-hybridized carbons (Fsp3) is 0. The van der Waals surface area contributed by atoms with Gasteiger partial charge in [0, 0.05) is 29.6 Å². The average molecular weight is 296 g/mol. The van der Waals surface area contributed by atoms with E-state index in [4.69, 9.17) is 0 Å². The van der Waals surface area contributed by atoms with E-state index in [-0.39, 0.29) is 0 Å². The molecule has 0 fully saturated rings. The zero-order chi connectivity index (χ0) is 15.5. The smallest absolute Gasteiger partial charge is 0.143 e. The van der Waals surface area contributed by atoms with Gasteiger partial charge < -0.3 is 4.57 Å². The highest BCUT2D eigenvalue weighted by Gasteiger charge is 2.06. The van der Waals surface area contributed by atoms with Crippen LogP contribution in [0.25, 0.3) is 22.8 Å². The van der Waals surface area contributed by atoms with Crippen LogP contribution < -0.4 is 0 Å². The lowest BCUT2D eigenvalue weighted by molar-refractivity contribution is 1.17. The normalized spacial score (nSPS) is 10.6. The van der Waals surface area contributed by atoms with Crippen LogP contribution in [0.3, 0.4) is 0 Å². The summed E-state index contributed by atoms with van der Waals surface area (Å²) in [6, 6.07) is 27.0. The zero-order valence-corrected chi connectivity index (χ0v) is 12.6. The number of nitrogens with zero attached hydrogens (tertiary/aromatic N) is 2. The van der Waals surface area contributed by atoms with Gasteiger partial charge >= 0.3 is 0 Å². The fourth-order valence-corrected chi connectivity index (χ4v) is 2.78. The second-order valence-electron chi connectivity index (χ2n) is 5.41. The minimum absolute atomic E-state index is 0.969. The summed E-state index contributed by atoms with van der Waals surface area (Å²) >= 11 is 0. The molecule has 0 saturated heterocycles. The molecule has 0 aliphatic heterocycles. The minimum Gasteiger partial charge on any atom is -0.308 e. The Morgan fingerprint density at radius 1 is 0.739 bits per heavy atom. The molecule has 2 heteroatoms. The van der Waals surface area contributed by atoms with Crippen LogP contribution in [-0.2, 0) is 0 Å². The molecule has 0 N–H and O–H groups in total. The Morgan fingerprint density at radius 2 is 1.39 bits per heavy atom. The van der Waals surface area contributed by atoms with Gasteiger partial charge in [0.1, 0.15) is 5.65 Å². The molecule has 4 aromatic rings. The van der Waals surface area contributed by atoms with E-state index in [0.717, 1.165) is 11.0 Å². The van der Waals surface area contributed by atoms with Gasteiger partial charge in [-0.2, -0.15) is 0 Å². The molecule has 0 amide bonds. The molecule has 0 radical (unpaired) electrons. The molecule has 0 unspecified atom stereocenters. The van der Waals surface area contributed by atoms with E-state index >= 15 is 0 Å². The van der Waals surface area contributed by atoms with E-state index in [1.807, 2.05) is 24.4 Å². The van der Waals surface area contributed by atoms with Crippen molar-refractivity contribution < 1.29 is 0 Å².